The number of nitrogens with zero attached hydrogens (tertiary/aromatic N) is 1. The lowest BCUT2D eigenvalue weighted by atomic mass is 10.1. The molecule has 25 heavy (non-hydrogen) atoms. The van der Waals surface area contributed by atoms with Gasteiger partial charge in [-0.15, -0.1) is 10.2 Å². The summed E-state index contributed by atoms with van der Waals surface area (Å²) in [5, 5.41) is 12.2. The SMILES string of the molecule is CC(O)c1ccc2c3[nH]c4ccccc4c3cc[n+]2c1.[O-][Cl+3]([O-])([O-])[O-]. The second kappa shape index (κ2) is 6.57. The molecule has 0 aliphatic rings. The van der Waals surface area contributed by atoms with Gasteiger partial charge in [-0.1, -0.05) is 18.2 Å². The first-order valence-electron chi connectivity index (χ1n) is 7.38. The van der Waals surface area contributed by atoms with Gasteiger partial charge >= 0.3 is 0 Å². The van der Waals surface area contributed by atoms with Gasteiger partial charge in [-0.2, -0.15) is 4.40 Å². The van der Waals surface area contributed by atoms with Crippen LogP contribution >= 0.6 is 0 Å². The van der Waals surface area contributed by atoms with E-state index in [1.807, 2.05) is 24.5 Å². The number of fused-ring (bicyclic) bond motifs is 5. The highest BCUT2D eigenvalue weighted by Gasteiger charge is 2.14. The number of aliphatic hydroxyl groups is 1. The first kappa shape index (κ1) is 17.6. The number of rotatable bonds is 1. The van der Waals surface area contributed by atoms with E-state index in [-0.39, 0.29) is 0 Å². The Morgan fingerprint density at radius 1 is 1.00 bits per heavy atom. The Hall–Kier alpha value is -2.26. The van der Waals surface area contributed by atoms with E-state index in [4.69, 9.17) is 18.6 Å². The Bertz CT molecular complexity index is 1030. The molecule has 130 valence electrons. The number of aromatic amines is 1. The minimum Gasteiger partial charge on any atom is -0.388 e. The number of halogens is 1. The van der Waals surface area contributed by atoms with E-state index in [9.17, 15) is 5.11 Å². The molecular formula is C17H15ClN2O5. The maximum atomic E-state index is 9.69. The first-order valence-corrected chi connectivity index (χ1v) is 8.61. The molecular weight excluding hydrogens is 348 g/mol. The molecule has 0 aliphatic heterocycles. The molecule has 1 unspecified atom stereocenters. The molecule has 0 saturated heterocycles. The number of nitrogens with one attached hydrogen (secondary N) is 1. The summed E-state index contributed by atoms with van der Waals surface area (Å²) in [5.74, 6) is 0. The zero-order valence-electron chi connectivity index (χ0n) is 13.2. The molecule has 0 aliphatic carbocycles. The molecule has 3 heterocycles. The predicted molar refractivity (Wildman–Crippen MR) is 79.6 cm³/mol. The van der Waals surface area contributed by atoms with Crippen LogP contribution in [0.3, 0.4) is 0 Å². The van der Waals surface area contributed by atoms with Crippen LogP contribution in [0.4, 0.5) is 0 Å². The molecule has 4 aromatic rings. The standard InChI is InChI=1S/C17H14N2O.ClHO4/c1-11(20)12-6-7-16-17-14(8-9-19(16)10-12)13-4-2-3-5-15(13)18-17;2-1(3,4)5/h2-11,20H,1H3;(H,2,3,4,5). The number of hydrogen-bond acceptors (Lipinski definition) is 5. The van der Waals surface area contributed by atoms with Gasteiger partial charge in [-0.3, -0.25) is 0 Å². The highest BCUT2D eigenvalue weighted by atomic mass is 35.7. The minimum absolute atomic E-state index is 0.453. The molecule has 1 atom stereocenters. The number of H-pyrrole nitrogens is 1. The van der Waals surface area contributed by atoms with Crippen LogP contribution < -0.4 is 23.0 Å². The van der Waals surface area contributed by atoms with Gasteiger partial charge in [-0.05, 0) is 19.1 Å². The Morgan fingerprint density at radius 3 is 2.36 bits per heavy atom. The van der Waals surface area contributed by atoms with Crippen molar-refractivity contribution < 1.29 is 38.4 Å². The Kier molecular flexibility index (Phi) is 4.61. The van der Waals surface area contributed by atoms with Gasteiger partial charge < -0.3 is 10.1 Å². The molecule has 7 nitrogen and oxygen atoms in total. The van der Waals surface area contributed by atoms with Crippen LogP contribution in [-0.2, 0) is 0 Å². The second-order valence-electron chi connectivity index (χ2n) is 5.58. The maximum absolute atomic E-state index is 9.69. The third-order valence-electron chi connectivity index (χ3n) is 3.89. The van der Waals surface area contributed by atoms with Crippen LogP contribution in [-0.4, -0.2) is 10.1 Å². The van der Waals surface area contributed by atoms with Crippen LogP contribution in [0.1, 0.15) is 18.6 Å². The molecule has 4 rings (SSSR count). The molecule has 0 fully saturated rings. The van der Waals surface area contributed by atoms with Crippen LogP contribution in [0, 0.1) is 10.2 Å². The fourth-order valence-electron chi connectivity index (χ4n) is 2.81. The van der Waals surface area contributed by atoms with E-state index < -0.39 is 16.3 Å². The van der Waals surface area contributed by atoms with Crippen molar-refractivity contribution in [2.75, 3.05) is 0 Å². The molecule has 0 amide bonds. The van der Waals surface area contributed by atoms with E-state index in [1.165, 1.54) is 10.8 Å². The molecule has 0 saturated carbocycles. The number of aliphatic hydroxyl groups excluding tert-OH is 1. The molecule has 1 aromatic carbocycles. The minimum atomic E-state index is -4.94. The van der Waals surface area contributed by atoms with E-state index in [0.29, 0.717) is 0 Å². The van der Waals surface area contributed by atoms with Crippen molar-refractivity contribution >= 4 is 27.3 Å². The van der Waals surface area contributed by atoms with Crippen LogP contribution in [0.25, 0.3) is 27.3 Å². The largest absolute Gasteiger partial charge is 0.388 e. The van der Waals surface area contributed by atoms with Gasteiger partial charge in [0, 0.05) is 34.0 Å². The fraction of sp³-hybridized carbons (Fsp3) is 0.118. The summed E-state index contributed by atoms with van der Waals surface area (Å²) in [7, 11) is -4.94. The fourth-order valence-corrected chi connectivity index (χ4v) is 2.81. The lowest BCUT2D eigenvalue weighted by Gasteiger charge is -2.17. The number of pyridine rings is 2. The van der Waals surface area contributed by atoms with Crippen molar-refractivity contribution in [2.24, 2.45) is 0 Å². The third kappa shape index (κ3) is 3.88. The van der Waals surface area contributed by atoms with Gasteiger partial charge in [0.25, 0.3) is 0 Å². The van der Waals surface area contributed by atoms with E-state index >= 15 is 0 Å². The Balaban J connectivity index is 0.000000324. The van der Waals surface area contributed by atoms with Gasteiger partial charge in [0.05, 0.1) is 6.10 Å². The smallest absolute Gasteiger partial charge is 0.234 e. The predicted octanol–water partition coefficient (Wildman–Crippen LogP) is -1.64. The Morgan fingerprint density at radius 2 is 1.68 bits per heavy atom. The molecule has 2 N–H and O–H groups in total. The van der Waals surface area contributed by atoms with Crippen molar-refractivity contribution in [2.45, 2.75) is 13.0 Å². The van der Waals surface area contributed by atoms with E-state index in [2.05, 4.69) is 39.7 Å². The van der Waals surface area contributed by atoms with Crippen molar-refractivity contribution in [3.05, 3.63) is 60.4 Å². The van der Waals surface area contributed by atoms with Gasteiger partial charge in [0.1, 0.15) is 5.52 Å². The summed E-state index contributed by atoms with van der Waals surface area (Å²) in [6.07, 6.45) is 3.57. The molecule has 0 bridgehead atoms. The summed E-state index contributed by atoms with van der Waals surface area (Å²) in [4.78, 5) is 3.49. The van der Waals surface area contributed by atoms with Crippen LogP contribution in [0.15, 0.2) is 54.9 Å². The Labute approximate surface area is 144 Å². The lowest BCUT2D eigenvalue weighted by Crippen LogP contribution is -2.68. The average Bonchev–Trinajstić information content (AvgIpc) is 2.91. The number of aromatic nitrogens is 2. The summed E-state index contributed by atoms with van der Waals surface area (Å²) < 4.78 is 36.0. The average molecular weight is 363 g/mol. The highest BCUT2D eigenvalue weighted by molar-refractivity contribution is 6.10. The third-order valence-corrected chi connectivity index (χ3v) is 3.89. The number of benzene rings is 1. The molecule has 0 radical (unpaired) electrons. The van der Waals surface area contributed by atoms with Crippen LogP contribution in [0.5, 0.6) is 0 Å². The first-order chi connectivity index (χ1) is 11.7. The van der Waals surface area contributed by atoms with E-state index in [1.54, 1.807) is 6.92 Å². The van der Waals surface area contributed by atoms with Crippen molar-refractivity contribution in [3.63, 3.8) is 0 Å². The van der Waals surface area contributed by atoms with Gasteiger partial charge in [-0.25, -0.2) is 18.6 Å². The number of hydrogen-bond donors (Lipinski definition) is 2. The van der Waals surface area contributed by atoms with Crippen molar-refractivity contribution in [3.8, 4) is 0 Å². The topological polar surface area (TPSA) is 132 Å². The monoisotopic (exact) mass is 362 g/mol. The summed E-state index contributed by atoms with van der Waals surface area (Å²) >= 11 is 0. The molecule has 8 heteroatoms. The maximum Gasteiger partial charge on any atom is 0.234 e. The molecule has 3 aromatic heterocycles. The summed E-state index contributed by atoms with van der Waals surface area (Å²) in [5.41, 5.74) is 4.31. The van der Waals surface area contributed by atoms with Gasteiger partial charge in [0.15, 0.2) is 12.4 Å². The van der Waals surface area contributed by atoms with Crippen molar-refractivity contribution in [1.29, 1.82) is 0 Å². The number of para-hydroxylation sites is 1. The van der Waals surface area contributed by atoms with Crippen LogP contribution in [0.2, 0.25) is 0 Å². The summed E-state index contributed by atoms with van der Waals surface area (Å²) in [6.45, 7) is 1.78. The van der Waals surface area contributed by atoms with Gasteiger partial charge in [0.2, 0.25) is 5.52 Å². The highest BCUT2D eigenvalue weighted by Crippen LogP contribution is 2.26. The van der Waals surface area contributed by atoms with Crippen molar-refractivity contribution in [1.82, 2.24) is 4.98 Å². The quantitative estimate of drug-likeness (QED) is 0.392. The molecule has 0 spiro atoms. The zero-order valence-corrected chi connectivity index (χ0v) is 13.9. The summed E-state index contributed by atoms with van der Waals surface area (Å²) in [6, 6.07) is 14.5. The normalized spacial score (nSPS) is 13.0. The lowest BCUT2D eigenvalue weighted by molar-refractivity contribution is -2.00. The van der Waals surface area contributed by atoms with E-state index in [0.717, 1.165) is 22.1 Å². The second-order valence-corrected chi connectivity index (χ2v) is 6.34. The zero-order chi connectivity index (χ0) is 18.2.